The lowest BCUT2D eigenvalue weighted by atomic mass is 9.99. The van der Waals surface area contributed by atoms with E-state index in [0.717, 1.165) is 16.7 Å². The van der Waals surface area contributed by atoms with Gasteiger partial charge in [-0.2, -0.15) is 0 Å². The second kappa shape index (κ2) is 6.30. The number of nitrogens with one attached hydrogen (secondary N) is 1. The number of amides is 1. The lowest BCUT2D eigenvalue weighted by Gasteiger charge is -2.10. The Balaban J connectivity index is 1.86. The van der Waals surface area contributed by atoms with Gasteiger partial charge >= 0.3 is 5.97 Å². The van der Waals surface area contributed by atoms with Gasteiger partial charge in [-0.15, -0.1) is 0 Å². The van der Waals surface area contributed by atoms with Crippen molar-refractivity contribution in [1.82, 2.24) is 0 Å². The molecule has 2 aromatic carbocycles. The lowest BCUT2D eigenvalue weighted by molar-refractivity contribution is -0.138. The van der Waals surface area contributed by atoms with Crippen LogP contribution in [0.1, 0.15) is 29.9 Å². The molecule has 0 saturated carbocycles. The van der Waals surface area contributed by atoms with Gasteiger partial charge in [0.25, 0.3) is 0 Å². The number of aliphatic carboxylic acids is 1. The summed E-state index contributed by atoms with van der Waals surface area (Å²) in [6.07, 6.45) is -0.214. The third-order valence-corrected chi connectivity index (χ3v) is 4.23. The summed E-state index contributed by atoms with van der Waals surface area (Å²) >= 11 is 5.19. The topological polar surface area (TPSA) is 66.4 Å². The van der Waals surface area contributed by atoms with Crippen LogP contribution in [0.25, 0.3) is 11.1 Å². The summed E-state index contributed by atoms with van der Waals surface area (Å²) in [5.41, 5.74) is 5.19. The second-order valence-electron chi connectivity index (χ2n) is 5.44. The van der Waals surface area contributed by atoms with Gasteiger partial charge in [0.15, 0.2) is 0 Å². The normalized spacial score (nSPS) is 14.7. The first-order chi connectivity index (χ1) is 11.1. The van der Waals surface area contributed by atoms with Gasteiger partial charge in [0.1, 0.15) is 0 Å². The van der Waals surface area contributed by atoms with Crippen LogP contribution < -0.4 is 5.32 Å². The molecule has 4 nitrogen and oxygen atoms in total. The van der Waals surface area contributed by atoms with Crippen LogP contribution in [0, 0.1) is 0 Å². The van der Waals surface area contributed by atoms with Crippen molar-refractivity contribution in [2.75, 3.05) is 5.32 Å². The van der Waals surface area contributed by atoms with Crippen LogP contribution in [-0.2, 0) is 9.59 Å². The van der Waals surface area contributed by atoms with Crippen molar-refractivity contribution in [3.8, 4) is 11.1 Å². The molecule has 1 aliphatic rings. The third kappa shape index (κ3) is 3.00. The highest BCUT2D eigenvalue weighted by molar-refractivity contribution is 7.79. The Bertz CT molecular complexity index is 801. The number of hydrogen-bond donors (Lipinski definition) is 2. The summed E-state index contributed by atoms with van der Waals surface area (Å²) in [5.74, 6) is -1.25. The van der Waals surface area contributed by atoms with E-state index in [-0.39, 0.29) is 24.7 Å². The summed E-state index contributed by atoms with van der Waals surface area (Å²) in [6, 6.07) is 13.8. The van der Waals surface area contributed by atoms with E-state index in [1.54, 1.807) is 5.37 Å². The van der Waals surface area contributed by atoms with E-state index in [4.69, 9.17) is 17.3 Å². The van der Waals surface area contributed by atoms with Gasteiger partial charge in [0.05, 0.1) is 6.42 Å². The molecule has 116 valence electrons. The summed E-state index contributed by atoms with van der Waals surface area (Å²) in [4.78, 5) is 22.3. The molecule has 0 heterocycles. The van der Waals surface area contributed by atoms with Crippen LogP contribution in [0.4, 0.5) is 5.69 Å². The number of hydrogen-bond acceptors (Lipinski definition) is 3. The number of carboxylic acids is 1. The van der Waals surface area contributed by atoms with Gasteiger partial charge in [0.2, 0.25) is 5.91 Å². The van der Waals surface area contributed by atoms with E-state index in [1.807, 2.05) is 30.3 Å². The van der Waals surface area contributed by atoms with Gasteiger partial charge in [-0.25, -0.2) is 0 Å². The smallest absolute Gasteiger partial charge is 0.303 e. The fourth-order valence-corrected chi connectivity index (χ4v) is 3.21. The zero-order valence-electron chi connectivity index (χ0n) is 12.3. The molecular formula is C18H15NO3S. The highest BCUT2D eigenvalue weighted by Crippen LogP contribution is 2.44. The summed E-state index contributed by atoms with van der Waals surface area (Å²) < 4.78 is 0. The predicted molar refractivity (Wildman–Crippen MR) is 92.9 cm³/mol. The first-order valence-corrected chi connectivity index (χ1v) is 7.77. The number of carbonyl (C=O) groups excluding carboxylic acids is 1. The van der Waals surface area contributed by atoms with Gasteiger partial charge in [0, 0.05) is 18.0 Å². The zero-order valence-corrected chi connectivity index (χ0v) is 13.1. The lowest BCUT2D eigenvalue weighted by Crippen LogP contribution is -2.13. The van der Waals surface area contributed by atoms with Crippen LogP contribution in [0.5, 0.6) is 0 Å². The number of carboxylic acid groups (broad SMARTS) is 1. The average Bonchev–Trinajstić information content (AvgIpc) is 2.86. The summed E-state index contributed by atoms with van der Waals surface area (Å²) in [6.45, 7) is 0. The Morgan fingerprint density at radius 1 is 1.09 bits per heavy atom. The first kappa shape index (κ1) is 15.4. The number of benzene rings is 2. The average molecular weight is 325 g/mol. The Hall–Kier alpha value is -2.53. The van der Waals surface area contributed by atoms with Crippen LogP contribution in [-0.4, -0.2) is 22.4 Å². The van der Waals surface area contributed by atoms with Crippen LogP contribution in [0.3, 0.4) is 0 Å². The van der Waals surface area contributed by atoms with E-state index < -0.39 is 5.97 Å². The molecule has 1 atom stereocenters. The SMILES string of the molecule is O=C(O)CCC(=O)Nc1ccc2c(c1)C(C=S)c1ccccc1-2. The maximum Gasteiger partial charge on any atom is 0.303 e. The molecular weight excluding hydrogens is 310 g/mol. The summed E-state index contributed by atoms with van der Waals surface area (Å²) in [5, 5.41) is 13.1. The quantitative estimate of drug-likeness (QED) is 0.824. The van der Waals surface area contributed by atoms with Gasteiger partial charge in [-0.3, -0.25) is 9.59 Å². The Morgan fingerprint density at radius 3 is 2.57 bits per heavy atom. The van der Waals surface area contributed by atoms with Gasteiger partial charge in [-0.05, 0) is 39.8 Å². The second-order valence-corrected chi connectivity index (χ2v) is 5.72. The van der Waals surface area contributed by atoms with Crippen molar-refractivity contribution >= 4 is 35.1 Å². The molecule has 0 radical (unpaired) electrons. The number of thiocarbonyl (C=S) groups is 1. The highest BCUT2D eigenvalue weighted by Gasteiger charge is 2.26. The molecule has 1 aliphatic carbocycles. The molecule has 0 aromatic heterocycles. The maximum atomic E-state index is 11.8. The van der Waals surface area contributed by atoms with E-state index in [9.17, 15) is 9.59 Å². The molecule has 23 heavy (non-hydrogen) atoms. The van der Waals surface area contributed by atoms with Crippen molar-refractivity contribution < 1.29 is 14.7 Å². The molecule has 0 aliphatic heterocycles. The standard InChI is InChI=1S/C18H15NO3S/c20-17(7-8-18(21)22)19-11-5-6-14-12-3-1-2-4-13(12)16(10-23)15(14)9-11/h1-6,9-10,16H,7-8H2,(H,19,20)(H,21,22). The van der Waals surface area contributed by atoms with Crippen molar-refractivity contribution in [3.05, 3.63) is 53.6 Å². The van der Waals surface area contributed by atoms with E-state index in [0.29, 0.717) is 5.69 Å². The Labute approximate surface area is 139 Å². The molecule has 3 rings (SSSR count). The van der Waals surface area contributed by atoms with E-state index >= 15 is 0 Å². The van der Waals surface area contributed by atoms with Gasteiger partial charge < -0.3 is 10.4 Å². The third-order valence-electron chi connectivity index (χ3n) is 3.96. The van der Waals surface area contributed by atoms with Gasteiger partial charge in [-0.1, -0.05) is 42.5 Å². The number of rotatable bonds is 5. The van der Waals surface area contributed by atoms with Crippen molar-refractivity contribution in [1.29, 1.82) is 0 Å². The molecule has 5 heteroatoms. The largest absolute Gasteiger partial charge is 0.481 e. The zero-order chi connectivity index (χ0) is 16.4. The van der Waals surface area contributed by atoms with Crippen LogP contribution in [0.2, 0.25) is 0 Å². The fraction of sp³-hybridized carbons (Fsp3) is 0.167. The minimum atomic E-state index is -0.981. The molecule has 2 N–H and O–H groups in total. The molecule has 0 fully saturated rings. The van der Waals surface area contributed by atoms with Crippen LogP contribution in [0.15, 0.2) is 42.5 Å². The molecule has 0 saturated heterocycles. The molecule has 0 bridgehead atoms. The fourth-order valence-electron chi connectivity index (χ4n) is 2.91. The number of anilines is 1. The minimum absolute atomic E-state index is 0.0343. The number of carbonyl (C=O) groups is 2. The Kier molecular flexibility index (Phi) is 4.21. The van der Waals surface area contributed by atoms with Crippen molar-refractivity contribution in [3.63, 3.8) is 0 Å². The van der Waals surface area contributed by atoms with Crippen LogP contribution >= 0.6 is 12.2 Å². The molecule has 1 unspecified atom stereocenters. The maximum absolute atomic E-state index is 11.8. The van der Waals surface area contributed by atoms with E-state index in [1.165, 1.54) is 5.56 Å². The molecule has 2 aromatic rings. The number of fused-ring (bicyclic) bond motifs is 3. The highest BCUT2D eigenvalue weighted by atomic mass is 32.1. The monoisotopic (exact) mass is 325 g/mol. The van der Waals surface area contributed by atoms with Crippen molar-refractivity contribution in [2.45, 2.75) is 18.8 Å². The molecule has 0 spiro atoms. The first-order valence-electron chi connectivity index (χ1n) is 7.30. The summed E-state index contributed by atoms with van der Waals surface area (Å²) in [7, 11) is 0. The molecule has 1 amide bonds. The van der Waals surface area contributed by atoms with E-state index in [2.05, 4.69) is 17.4 Å². The minimum Gasteiger partial charge on any atom is -0.481 e. The predicted octanol–water partition coefficient (Wildman–Crippen LogP) is 3.60. The Morgan fingerprint density at radius 2 is 1.83 bits per heavy atom. The van der Waals surface area contributed by atoms with Crippen molar-refractivity contribution in [2.24, 2.45) is 0 Å².